The third-order valence-electron chi connectivity index (χ3n) is 9.70. The smallest absolute Gasteiger partial charge is 0.410 e. The van der Waals surface area contributed by atoms with Crippen LogP contribution in [0.25, 0.3) is 5.69 Å². The van der Waals surface area contributed by atoms with Crippen LogP contribution in [0.15, 0.2) is 66.7 Å². The number of carbonyl (C=O) groups is 6. The first-order chi connectivity index (χ1) is 26.2. The molecule has 3 fully saturated rings. The van der Waals surface area contributed by atoms with E-state index in [0.29, 0.717) is 37.5 Å². The van der Waals surface area contributed by atoms with Crippen LogP contribution >= 0.6 is 0 Å². The zero-order valence-electron chi connectivity index (χ0n) is 29.9. The number of carboxylic acid groups (broad SMARTS) is 1. The van der Waals surface area contributed by atoms with Gasteiger partial charge in [0.05, 0.1) is 5.69 Å². The van der Waals surface area contributed by atoms with Crippen molar-refractivity contribution in [2.45, 2.75) is 57.2 Å². The Morgan fingerprint density at radius 2 is 1.56 bits per heavy atom. The van der Waals surface area contributed by atoms with E-state index in [0.717, 1.165) is 18.4 Å². The number of benzene rings is 2. The Morgan fingerprint density at radius 3 is 2.24 bits per heavy atom. The van der Waals surface area contributed by atoms with Gasteiger partial charge in [0.25, 0.3) is 11.8 Å². The van der Waals surface area contributed by atoms with Crippen LogP contribution in [0.3, 0.4) is 0 Å². The number of carboxylic acids is 1. The summed E-state index contributed by atoms with van der Waals surface area (Å²) in [6.45, 7) is 1.46. The fourth-order valence-corrected chi connectivity index (χ4v) is 6.47. The molecular weight excluding hydrogens is 698 g/mol. The van der Waals surface area contributed by atoms with Crippen LogP contribution in [0.1, 0.15) is 54.6 Å². The van der Waals surface area contributed by atoms with E-state index >= 15 is 0 Å². The normalized spacial score (nSPS) is 17.4. The van der Waals surface area contributed by atoms with Gasteiger partial charge in [0.2, 0.25) is 17.7 Å². The molecule has 2 saturated heterocycles. The summed E-state index contributed by atoms with van der Waals surface area (Å²) in [5, 5.41) is 19.4. The number of nitrogens with one attached hydrogen (secondary N) is 2. The van der Waals surface area contributed by atoms with Gasteiger partial charge in [-0.3, -0.25) is 24.0 Å². The van der Waals surface area contributed by atoms with Crippen molar-refractivity contribution in [2.24, 2.45) is 5.92 Å². The highest BCUT2D eigenvalue weighted by atomic mass is 16.6. The Bertz CT molecular complexity index is 1810. The van der Waals surface area contributed by atoms with Crippen molar-refractivity contribution in [1.29, 1.82) is 0 Å². The van der Waals surface area contributed by atoms with E-state index in [1.807, 2.05) is 30.3 Å². The summed E-state index contributed by atoms with van der Waals surface area (Å²) < 4.78 is 12.7. The largest absolute Gasteiger partial charge is 0.481 e. The maximum Gasteiger partial charge on any atom is 0.410 e. The van der Waals surface area contributed by atoms with Crippen molar-refractivity contribution in [3.8, 4) is 11.6 Å². The summed E-state index contributed by atoms with van der Waals surface area (Å²) in [6.07, 6.45) is 2.39. The molecule has 1 aromatic heterocycles. The first-order valence-corrected chi connectivity index (χ1v) is 18.3. The third kappa shape index (κ3) is 9.93. The number of nitrogens with zero attached hydrogens (tertiary/aromatic N) is 5. The van der Waals surface area contributed by atoms with Gasteiger partial charge in [-0.05, 0) is 55.7 Å². The van der Waals surface area contributed by atoms with Crippen LogP contribution in [-0.2, 0) is 30.5 Å². The highest BCUT2D eigenvalue weighted by molar-refractivity contribution is 5.96. The van der Waals surface area contributed by atoms with E-state index in [4.69, 9.17) is 9.47 Å². The molecule has 16 heteroatoms. The minimum absolute atomic E-state index is 0.0808. The number of hydrogen-bond donors (Lipinski definition) is 3. The molecule has 0 spiro atoms. The number of aliphatic carboxylic acids is 1. The van der Waals surface area contributed by atoms with Gasteiger partial charge in [-0.2, -0.15) is 5.10 Å². The number of ether oxygens (including phenoxy) is 2. The Morgan fingerprint density at radius 1 is 0.870 bits per heavy atom. The molecule has 0 bridgehead atoms. The van der Waals surface area contributed by atoms with Crippen LogP contribution in [0.5, 0.6) is 5.88 Å². The number of rotatable bonds is 15. The predicted molar refractivity (Wildman–Crippen MR) is 192 cm³/mol. The van der Waals surface area contributed by atoms with E-state index in [2.05, 4.69) is 15.7 Å². The molecule has 2 aromatic carbocycles. The molecule has 286 valence electrons. The number of para-hydroxylation sites is 1. The van der Waals surface area contributed by atoms with E-state index < -0.39 is 42.6 Å². The van der Waals surface area contributed by atoms with Crippen molar-refractivity contribution >= 4 is 35.7 Å². The number of hydrogen-bond acceptors (Lipinski definition) is 9. The maximum absolute atomic E-state index is 13.7. The van der Waals surface area contributed by atoms with Crippen LogP contribution in [0, 0.1) is 5.92 Å². The van der Waals surface area contributed by atoms with E-state index in [1.165, 1.54) is 25.4 Å². The lowest BCUT2D eigenvalue weighted by atomic mass is 10.1. The third-order valence-corrected chi connectivity index (χ3v) is 9.70. The van der Waals surface area contributed by atoms with E-state index in [9.17, 15) is 33.9 Å². The van der Waals surface area contributed by atoms with Crippen molar-refractivity contribution in [2.75, 3.05) is 45.9 Å². The Kier molecular flexibility index (Phi) is 12.4. The van der Waals surface area contributed by atoms with Gasteiger partial charge >= 0.3 is 12.1 Å². The average Bonchev–Trinajstić information content (AvgIpc) is 3.71. The standard InChI is InChI=1S/C38H45N7O9/c46-32(44-17-7-12-31(44)36(50)39-23-26-13-14-26)25-53-33-22-30(41-45(33)28-10-5-2-6-11-28)35(49)40-29(15-16-34(47)48)37(51)42-18-20-43(21-19-42)38(52)54-24-27-8-3-1-4-9-27/h1-6,8-11,22,26,29,31H,7,12-21,23-25H2,(H,39,50)(H,40,49)(H,47,48). The fourth-order valence-electron chi connectivity index (χ4n) is 6.47. The second-order valence-corrected chi connectivity index (χ2v) is 13.6. The summed E-state index contributed by atoms with van der Waals surface area (Å²) in [7, 11) is 0. The average molecular weight is 744 g/mol. The monoisotopic (exact) mass is 743 g/mol. The lowest BCUT2D eigenvalue weighted by Crippen LogP contribution is -2.56. The molecule has 1 aliphatic carbocycles. The zero-order chi connectivity index (χ0) is 38.0. The quantitative estimate of drug-likeness (QED) is 0.208. The highest BCUT2D eigenvalue weighted by Gasteiger charge is 2.36. The van der Waals surface area contributed by atoms with Gasteiger partial charge in [-0.1, -0.05) is 48.5 Å². The van der Waals surface area contributed by atoms with Crippen molar-refractivity contribution in [1.82, 2.24) is 35.1 Å². The van der Waals surface area contributed by atoms with Crippen LogP contribution in [0.4, 0.5) is 4.79 Å². The van der Waals surface area contributed by atoms with Gasteiger partial charge in [0.1, 0.15) is 18.7 Å². The second kappa shape index (κ2) is 17.7. The molecule has 2 aliphatic heterocycles. The first-order valence-electron chi connectivity index (χ1n) is 18.3. The van der Waals surface area contributed by atoms with Gasteiger partial charge in [-0.25, -0.2) is 9.48 Å². The predicted octanol–water partition coefficient (Wildman–Crippen LogP) is 2.21. The van der Waals surface area contributed by atoms with Gasteiger partial charge in [0, 0.05) is 51.8 Å². The second-order valence-electron chi connectivity index (χ2n) is 13.6. The molecule has 54 heavy (non-hydrogen) atoms. The zero-order valence-corrected chi connectivity index (χ0v) is 29.9. The van der Waals surface area contributed by atoms with Gasteiger partial charge in [-0.15, -0.1) is 0 Å². The minimum Gasteiger partial charge on any atom is -0.481 e. The molecule has 0 radical (unpaired) electrons. The molecule has 3 N–H and O–H groups in total. The first kappa shape index (κ1) is 37.8. The number of piperazine rings is 1. The topological polar surface area (TPSA) is 193 Å². The molecule has 6 rings (SSSR count). The Labute approximate surface area is 312 Å². The highest BCUT2D eigenvalue weighted by Crippen LogP contribution is 2.28. The fraction of sp³-hybridized carbons (Fsp3) is 0.447. The molecular formula is C38H45N7O9. The molecule has 5 amide bonds. The molecule has 16 nitrogen and oxygen atoms in total. The summed E-state index contributed by atoms with van der Waals surface area (Å²) in [6, 6.07) is 17.6. The van der Waals surface area contributed by atoms with Crippen LogP contribution < -0.4 is 15.4 Å². The van der Waals surface area contributed by atoms with Crippen LogP contribution in [0.2, 0.25) is 0 Å². The van der Waals surface area contributed by atoms with Crippen molar-refractivity contribution < 1.29 is 43.3 Å². The SMILES string of the molecule is O=C(O)CCC(NC(=O)c1cc(OCC(=O)N2CCCC2C(=O)NCC2CC2)n(-c2ccccc2)n1)C(=O)N1CCN(C(=O)OCc2ccccc2)CC1. The Hall–Kier alpha value is -5.93. The molecule has 1 saturated carbocycles. The van der Waals surface area contributed by atoms with Crippen LogP contribution in [-0.4, -0.2) is 123 Å². The maximum atomic E-state index is 13.7. The van der Waals surface area contributed by atoms with Crippen molar-refractivity contribution in [3.63, 3.8) is 0 Å². The van der Waals surface area contributed by atoms with E-state index in [1.54, 1.807) is 30.3 Å². The number of amides is 5. The molecule has 3 aliphatic rings. The molecule has 3 heterocycles. The minimum atomic E-state index is -1.20. The molecule has 3 aromatic rings. The summed E-state index contributed by atoms with van der Waals surface area (Å²) in [5.74, 6) is -2.34. The number of likely N-dealkylation sites (tertiary alicyclic amines) is 1. The molecule has 2 atom stereocenters. The lowest BCUT2D eigenvalue weighted by molar-refractivity contribution is -0.140. The van der Waals surface area contributed by atoms with Gasteiger partial charge in [0.15, 0.2) is 12.3 Å². The van der Waals surface area contributed by atoms with Gasteiger partial charge < -0.3 is 39.9 Å². The van der Waals surface area contributed by atoms with E-state index in [-0.39, 0.29) is 69.0 Å². The summed E-state index contributed by atoms with van der Waals surface area (Å²) >= 11 is 0. The summed E-state index contributed by atoms with van der Waals surface area (Å²) in [5.41, 5.74) is 1.26. The Balaban J connectivity index is 1.09. The summed E-state index contributed by atoms with van der Waals surface area (Å²) in [4.78, 5) is 82.1. The lowest BCUT2D eigenvalue weighted by Gasteiger charge is -2.36. The van der Waals surface area contributed by atoms with Crippen molar-refractivity contribution in [3.05, 3.63) is 78.0 Å². The number of aromatic nitrogens is 2. The molecule has 2 unspecified atom stereocenters. The number of carbonyl (C=O) groups excluding carboxylic acids is 5.